The highest BCUT2D eigenvalue weighted by Crippen LogP contribution is 2.21. The molecule has 3 nitrogen and oxygen atoms in total. The molecule has 0 heterocycles. The van der Waals surface area contributed by atoms with Gasteiger partial charge in [0.15, 0.2) is 5.60 Å². The van der Waals surface area contributed by atoms with E-state index in [1.54, 1.807) is 13.8 Å². The number of unbranched alkanes of at least 4 members (excludes halogenated alkanes) is 12. The van der Waals surface area contributed by atoms with Crippen LogP contribution in [-0.2, 0) is 11.2 Å². The van der Waals surface area contributed by atoms with Gasteiger partial charge in [-0.05, 0) is 44.4 Å². The molecule has 0 amide bonds. The summed E-state index contributed by atoms with van der Waals surface area (Å²) in [5.74, 6) is -0.311. The topological polar surface area (TPSA) is 46.5 Å². The Balaban J connectivity index is 0.00000784. The fourth-order valence-corrected chi connectivity index (χ4v) is 3.45. The van der Waals surface area contributed by atoms with E-state index in [0.717, 1.165) is 6.42 Å². The molecule has 0 fully saturated rings. The summed E-state index contributed by atoms with van der Waals surface area (Å²) in [5.41, 5.74) is 0.0236. The number of ether oxygens (including phenoxy) is 1. The number of hydrogen-bond acceptors (Lipinski definition) is 2. The summed E-state index contributed by atoms with van der Waals surface area (Å²) in [4.78, 5) is 11.2. The predicted octanol–water partition coefficient (Wildman–Crippen LogP) is 6.65. The minimum Gasteiger partial charge on any atom is -0.478 e. The lowest BCUT2D eigenvalue weighted by molar-refractivity contribution is -0.152. The Morgan fingerprint density at radius 1 is 0.862 bits per heavy atom. The van der Waals surface area contributed by atoms with E-state index < -0.39 is 11.6 Å². The van der Waals surface area contributed by atoms with E-state index in [0.29, 0.717) is 5.75 Å². The number of aryl methyl sites for hydroxylation is 1. The van der Waals surface area contributed by atoms with Gasteiger partial charge in [0, 0.05) is 0 Å². The van der Waals surface area contributed by atoms with Gasteiger partial charge in [0.05, 0.1) is 0 Å². The molecule has 0 saturated carbocycles. The summed E-state index contributed by atoms with van der Waals surface area (Å²) in [5, 5.41) is 9.18. The summed E-state index contributed by atoms with van der Waals surface area (Å²) in [7, 11) is 0. The third-order valence-corrected chi connectivity index (χ3v) is 5.36. The Kier molecular flexibility index (Phi) is 16.6. The van der Waals surface area contributed by atoms with E-state index in [4.69, 9.17) is 4.74 Å². The minimum absolute atomic E-state index is 0. The van der Waals surface area contributed by atoms with Crippen LogP contribution in [0.25, 0.3) is 0 Å². The fraction of sp³-hybridized carbons (Fsp3) is 0.720. The lowest BCUT2D eigenvalue weighted by Crippen LogP contribution is -2.37. The zero-order valence-corrected chi connectivity index (χ0v) is 18.5. The molecule has 1 aromatic carbocycles. The molecular formula is C25H44MgO3. The van der Waals surface area contributed by atoms with E-state index >= 15 is 0 Å². The SMILES string of the molecule is CCCCCCCCCCCCCCCc1cccc(OC(C)(C)C(=O)O)c1.[MgH2]. The Labute approximate surface area is 195 Å². The summed E-state index contributed by atoms with van der Waals surface area (Å²) in [6.07, 6.45) is 18.8. The van der Waals surface area contributed by atoms with Gasteiger partial charge >= 0.3 is 29.0 Å². The molecule has 29 heavy (non-hydrogen) atoms. The number of hydrogen-bond donors (Lipinski definition) is 1. The second-order valence-corrected chi connectivity index (χ2v) is 8.56. The lowest BCUT2D eigenvalue weighted by atomic mass is 10.0. The Hall–Kier alpha value is -0.744. The fourth-order valence-electron chi connectivity index (χ4n) is 3.45. The standard InChI is InChI=1S/C25H42O3.Mg.2H/c1-4-5-6-7-8-9-10-11-12-13-14-15-16-18-22-19-17-20-23(21-22)28-25(2,3)24(26)27;;;/h17,19-21H,4-16,18H2,1-3H3,(H,26,27);;;. The molecule has 0 bridgehead atoms. The Morgan fingerprint density at radius 3 is 1.83 bits per heavy atom. The molecule has 0 aromatic heterocycles. The minimum atomic E-state index is -1.20. The lowest BCUT2D eigenvalue weighted by Gasteiger charge is -2.21. The van der Waals surface area contributed by atoms with Gasteiger partial charge in [0.2, 0.25) is 0 Å². The van der Waals surface area contributed by atoms with Crippen LogP contribution in [0, 0.1) is 0 Å². The molecule has 0 spiro atoms. The number of carboxylic acids is 1. The maximum absolute atomic E-state index is 11.2. The van der Waals surface area contributed by atoms with E-state index in [-0.39, 0.29) is 23.1 Å². The van der Waals surface area contributed by atoms with Crippen LogP contribution in [0.4, 0.5) is 0 Å². The first kappa shape index (κ1) is 28.3. The van der Waals surface area contributed by atoms with Crippen molar-refractivity contribution in [2.45, 2.75) is 116 Å². The summed E-state index contributed by atoms with van der Waals surface area (Å²) in [6.45, 7) is 5.43. The maximum atomic E-state index is 11.2. The van der Waals surface area contributed by atoms with Crippen molar-refractivity contribution in [3.8, 4) is 5.75 Å². The normalized spacial score (nSPS) is 11.1. The Morgan fingerprint density at radius 2 is 1.34 bits per heavy atom. The van der Waals surface area contributed by atoms with Gasteiger partial charge in [-0.1, -0.05) is 96.1 Å². The van der Waals surface area contributed by atoms with Gasteiger partial charge in [-0.2, -0.15) is 0 Å². The molecule has 0 saturated heterocycles. The van der Waals surface area contributed by atoms with Crippen molar-refractivity contribution >= 4 is 29.0 Å². The quantitative estimate of drug-likeness (QED) is 0.228. The van der Waals surface area contributed by atoms with Crippen LogP contribution in [0.1, 0.15) is 110 Å². The van der Waals surface area contributed by atoms with Gasteiger partial charge in [-0.15, -0.1) is 0 Å². The van der Waals surface area contributed by atoms with Crippen molar-refractivity contribution in [1.29, 1.82) is 0 Å². The molecule has 1 N–H and O–H groups in total. The molecule has 0 radical (unpaired) electrons. The van der Waals surface area contributed by atoms with Gasteiger partial charge in [0.25, 0.3) is 0 Å². The Bertz CT molecular complexity index is 543. The van der Waals surface area contributed by atoms with E-state index in [9.17, 15) is 9.90 Å². The molecule has 4 heteroatoms. The van der Waals surface area contributed by atoms with Crippen molar-refractivity contribution < 1.29 is 14.6 Å². The first-order chi connectivity index (χ1) is 13.5. The molecule has 1 aromatic rings. The average molecular weight is 417 g/mol. The van der Waals surface area contributed by atoms with Crippen LogP contribution >= 0.6 is 0 Å². The molecule has 0 atom stereocenters. The summed E-state index contributed by atoms with van der Waals surface area (Å²) in [6, 6.07) is 7.86. The van der Waals surface area contributed by atoms with E-state index in [1.807, 2.05) is 18.2 Å². The van der Waals surface area contributed by atoms with Gasteiger partial charge in [0.1, 0.15) is 5.75 Å². The molecule has 0 aliphatic rings. The maximum Gasteiger partial charge on any atom is 0.347 e. The zero-order chi connectivity index (χ0) is 20.7. The van der Waals surface area contributed by atoms with Crippen LogP contribution in [0.5, 0.6) is 5.75 Å². The summed E-state index contributed by atoms with van der Waals surface area (Å²) >= 11 is 0. The largest absolute Gasteiger partial charge is 0.478 e. The molecule has 164 valence electrons. The number of benzene rings is 1. The smallest absolute Gasteiger partial charge is 0.347 e. The third-order valence-electron chi connectivity index (χ3n) is 5.36. The highest BCUT2D eigenvalue weighted by molar-refractivity contribution is 5.76. The van der Waals surface area contributed by atoms with Gasteiger partial charge < -0.3 is 9.84 Å². The highest BCUT2D eigenvalue weighted by Gasteiger charge is 2.29. The van der Waals surface area contributed by atoms with Crippen molar-refractivity contribution in [2.24, 2.45) is 0 Å². The molecular weight excluding hydrogens is 373 g/mol. The van der Waals surface area contributed by atoms with Crippen LogP contribution < -0.4 is 4.74 Å². The first-order valence-corrected chi connectivity index (χ1v) is 11.5. The molecule has 0 aliphatic heterocycles. The average Bonchev–Trinajstić information content (AvgIpc) is 2.65. The van der Waals surface area contributed by atoms with E-state index in [2.05, 4.69) is 13.0 Å². The summed E-state index contributed by atoms with van der Waals surface area (Å²) < 4.78 is 5.62. The van der Waals surface area contributed by atoms with Crippen molar-refractivity contribution in [3.63, 3.8) is 0 Å². The van der Waals surface area contributed by atoms with Crippen LogP contribution in [0.2, 0.25) is 0 Å². The first-order valence-electron chi connectivity index (χ1n) is 11.5. The van der Waals surface area contributed by atoms with Crippen molar-refractivity contribution in [2.75, 3.05) is 0 Å². The second kappa shape index (κ2) is 17.0. The van der Waals surface area contributed by atoms with Crippen LogP contribution in [-0.4, -0.2) is 39.7 Å². The molecule has 0 unspecified atom stereocenters. The van der Waals surface area contributed by atoms with Gasteiger partial charge in [-0.25, -0.2) is 4.79 Å². The zero-order valence-electron chi connectivity index (χ0n) is 18.5. The van der Waals surface area contributed by atoms with Crippen LogP contribution in [0.15, 0.2) is 24.3 Å². The predicted molar refractivity (Wildman–Crippen MR) is 127 cm³/mol. The second-order valence-electron chi connectivity index (χ2n) is 8.56. The van der Waals surface area contributed by atoms with Gasteiger partial charge in [-0.3, -0.25) is 0 Å². The third kappa shape index (κ3) is 14.0. The number of carboxylic acid groups (broad SMARTS) is 1. The molecule has 1 rings (SSSR count). The molecule has 0 aliphatic carbocycles. The van der Waals surface area contributed by atoms with Crippen molar-refractivity contribution in [3.05, 3.63) is 29.8 Å². The van der Waals surface area contributed by atoms with Crippen LogP contribution in [0.3, 0.4) is 0 Å². The number of aliphatic carboxylic acids is 1. The number of rotatable bonds is 17. The monoisotopic (exact) mass is 416 g/mol. The van der Waals surface area contributed by atoms with E-state index in [1.165, 1.54) is 89.0 Å². The van der Waals surface area contributed by atoms with Crippen molar-refractivity contribution in [1.82, 2.24) is 0 Å². The number of carbonyl (C=O) groups is 1. The highest BCUT2D eigenvalue weighted by atomic mass is 24.3.